The summed E-state index contributed by atoms with van der Waals surface area (Å²) in [6.07, 6.45) is 0. The van der Waals surface area contributed by atoms with Crippen LogP contribution in [0, 0.1) is 18.6 Å². The quantitative estimate of drug-likeness (QED) is 0.815. The summed E-state index contributed by atoms with van der Waals surface area (Å²) in [4.78, 5) is 11.9. The highest BCUT2D eigenvalue weighted by Crippen LogP contribution is 2.23. The molecule has 2 aromatic rings. The molecule has 0 aromatic heterocycles. The molecule has 3 N–H and O–H groups in total. The number of hydrogen-bond acceptors (Lipinski definition) is 2. The molecular formula is C14H11BrF2N2O. The van der Waals surface area contributed by atoms with E-state index < -0.39 is 23.1 Å². The van der Waals surface area contributed by atoms with Crippen molar-refractivity contribution in [2.45, 2.75) is 6.92 Å². The van der Waals surface area contributed by atoms with Gasteiger partial charge in [-0.2, -0.15) is 0 Å². The Balaban J connectivity index is 2.33. The first-order valence-corrected chi connectivity index (χ1v) is 6.50. The fraction of sp³-hybridized carbons (Fsp3) is 0.0714. The van der Waals surface area contributed by atoms with Gasteiger partial charge in [0.15, 0.2) is 5.82 Å². The van der Waals surface area contributed by atoms with Crippen LogP contribution in [0.5, 0.6) is 0 Å². The van der Waals surface area contributed by atoms with Gasteiger partial charge in [-0.25, -0.2) is 8.78 Å². The van der Waals surface area contributed by atoms with Crippen molar-refractivity contribution in [3.8, 4) is 0 Å². The fourth-order valence-corrected chi connectivity index (χ4v) is 1.94. The van der Waals surface area contributed by atoms with Crippen LogP contribution in [0.25, 0.3) is 0 Å². The van der Waals surface area contributed by atoms with Gasteiger partial charge in [-0.15, -0.1) is 0 Å². The average molecular weight is 341 g/mol. The summed E-state index contributed by atoms with van der Waals surface area (Å²) in [7, 11) is 0. The summed E-state index contributed by atoms with van der Waals surface area (Å²) in [5, 5.41) is 2.44. The molecule has 0 atom stereocenters. The summed E-state index contributed by atoms with van der Waals surface area (Å²) < 4.78 is 28.2. The molecule has 3 nitrogen and oxygen atoms in total. The molecule has 0 bridgehead atoms. The predicted molar refractivity (Wildman–Crippen MR) is 77.6 cm³/mol. The molecular weight excluding hydrogens is 330 g/mol. The van der Waals surface area contributed by atoms with E-state index in [1.54, 1.807) is 18.2 Å². The number of carbonyl (C=O) groups is 1. The second kappa shape index (κ2) is 5.58. The van der Waals surface area contributed by atoms with Gasteiger partial charge in [0, 0.05) is 10.2 Å². The summed E-state index contributed by atoms with van der Waals surface area (Å²) in [6, 6.07) is 7.07. The number of rotatable bonds is 2. The second-order valence-electron chi connectivity index (χ2n) is 4.24. The Morgan fingerprint density at radius 1 is 1.25 bits per heavy atom. The molecule has 0 fully saturated rings. The zero-order valence-corrected chi connectivity index (χ0v) is 12.1. The van der Waals surface area contributed by atoms with E-state index in [-0.39, 0.29) is 5.69 Å². The molecule has 20 heavy (non-hydrogen) atoms. The van der Waals surface area contributed by atoms with Crippen molar-refractivity contribution in [3.05, 3.63) is 57.6 Å². The summed E-state index contributed by atoms with van der Waals surface area (Å²) in [5.74, 6) is -2.90. The highest BCUT2D eigenvalue weighted by Gasteiger charge is 2.19. The molecule has 1 amide bonds. The maximum absolute atomic E-state index is 13.7. The van der Waals surface area contributed by atoms with Crippen molar-refractivity contribution in [1.82, 2.24) is 0 Å². The lowest BCUT2D eigenvalue weighted by atomic mass is 10.1. The second-order valence-corrected chi connectivity index (χ2v) is 5.10. The molecule has 2 aromatic carbocycles. The number of nitrogens with two attached hydrogens (primary N) is 1. The summed E-state index contributed by atoms with van der Waals surface area (Å²) in [6.45, 7) is 1.83. The predicted octanol–water partition coefficient (Wildman–Crippen LogP) is 3.87. The van der Waals surface area contributed by atoms with Gasteiger partial charge in [0.1, 0.15) is 11.4 Å². The van der Waals surface area contributed by atoms with E-state index in [2.05, 4.69) is 21.2 Å². The first-order valence-electron chi connectivity index (χ1n) is 5.71. The van der Waals surface area contributed by atoms with Gasteiger partial charge in [-0.05, 0) is 42.8 Å². The van der Waals surface area contributed by atoms with Gasteiger partial charge in [-0.1, -0.05) is 15.9 Å². The van der Waals surface area contributed by atoms with Crippen LogP contribution in [0.2, 0.25) is 0 Å². The fourth-order valence-electron chi connectivity index (χ4n) is 1.69. The lowest BCUT2D eigenvalue weighted by molar-refractivity contribution is 0.101. The summed E-state index contributed by atoms with van der Waals surface area (Å²) >= 11 is 3.32. The number of aryl methyl sites for hydroxylation is 1. The van der Waals surface area contributed by atoms with Crippen LogP contribution >= 0.6 is 15.9 Å². The molecule has 0 aliphatic heterocycles. The third-order valence-electron chi connectivity index (χ3n) is 2.76. The summed E-state index contributed by atoms with van der Waals surface area (Å²) in [5.41, 5.74) is 5.70. The molecule has 0 saturated carbocycles. The number of nitrogens with one attached hydrogen (secondary N) is 1. The molecule has 0 unspecified atom stereocenters. The minimum absolute atomic E-state index is 0.275. The molecule has 6 heteroatoms. The van der Waals surface area contributed by atoms with E-state index in [1.807, 2.05) is 6.92 Å². The third kappa shape index (κ3) is 2.80. The Kier molecular flexibility index (Phi) is 4.04. The molecule has 2 rings (SSSR count). The smallest absolute Gasteiger partial charge is 0.261 e. The number of anilines is 2. The molecule has 0 aliphatic carbocycles. The van der Waals surface area contributed by atoms with Gasteiger partial charge in [0.2, 0.25) is 0 Å². The SMILES string of the molecule is Cc1cc(NC(=O)c2c(F)ccc(N)c2F)ccc1Br. The Morgan fingerprint density at radius 2 is 1.95 bits per heavy atom. The zero-order valence-electron chi connectivity index (χ0n) is 10.5. The van der Waals surface area contributed by atoms with Gasteiger partial charge < -0.3 is 11.1 Å². The zero-order chi connectivity index (χ0) is 14.9. The van der Waals surface area contributed by atoms with E-state index in [4.69, 9.17) is 5.73 Å². The highest BCUT2D eigenvalue weighted by atomic mass is 79.9. The van der Waals surface area contributed by atoms with Gasteiger partial charge in [0.25, 0.3) is 5.91 Å². The molecule has 0 radical (unpaired) electrons. The molecule has 104 valence electrons. The van der Waals surface area contributed by atoms with E-state index in [9.17, 15) is 13.6 Å². The number of carbonyl (C=O) groups excluding carboxylic acids is 1. The van der Waals surface area contributed by atoms with Crippen molar-refractivity contribution in [3.63, 3.8) is 0 Å². The third-order valence-corrected chi connectivity index (χ3v) is 3.65. The topological polar surface area (TPSA) is 55.1 Å². The van der Waals surface area contributed by atoms with Crippen molar-refractivity contribution in [1.29, 1.82) is 0 Å². The van der Waals surface area contributed by atoms with E-state index in [0.717, 1.165) is 22.2 Å². The average Bonchev–Trinajstić information content (AvgIpc) is 2.39. The van der Waals surface area contributed by atoms with Crippen LogP contribution in [-0.4, -0.2) is 5.91 Å². The largest absolute Gasteiger partial charge is 0.396 e. The van der Waals surface area contributed by atoms with Gasteiger partial charge >= 0.3 is 0 Å². The standard InChI is InChI=1S/C14H11BrF2N2O/c1-7-6-8(2-3-9(7)15)19-14(20)12-10(16)4-5-11(18)13(12)17/h2-6H,18H2,1H3,(H,19,20). The van der Waals surface area contributed by atoms with Crippen LogP contribution in [0.4, 0.5) is 20.2 Å². The Morgan fingerprint density at radius 3 is 2.60 bits per heavy atom. The van der Waals surface area contributed by atoms with Gasteiger partial charge in [0.05, 0.1) is 5.69 Å². The molecule has 0 aliphatic rings. The minimum atomic E-state index is -1.06. The lowest BCUT2D eigenvalue weighted by Gasteiger charge is -2.09. The number of benzene rings is 2. The van der Waals surface area contributed by atoms with Crippen LogP contribution in [0.3, 0.4) is 0 Å². The van der Waals surface area contributed by atoms with Crippen LogP contribution < -0.4 is 11.1 Å². The highest BCUT2D eigenvalue weighted by molar-refractivity contribution is 9.10. The van der Waals surface area contributed by atoms with Gasteiger partial charge in [-0.3, -0.25) is 4.79 Å². The minimum Gasteiger partial charge on any atom is -0.396 e. The van der Waals surface area contributed by atoms with Crippen LogP contribution in [0.15, 0.2) is 34.8 Å². The van der Waals surface area contributed by atoms with Crippen molar-refractivity contribution in [2.75, 3.05) is 11.1 Å². The van der Waals surface area contributed by atoms with E-state index >= 15 is 0 Å². The maximum Gasteiger partial charge on any atom is 0.261 e. The van der Waals surface area contributed by atoms with Crippen LogP contribution in [0.1, 0.15) is 15.9 Å². The monoisotopic (exact) mass is 340 g/mol. The maximum atomic E-state index is 13.7. The molecule has 0 heterocycles. The Hall–Kier alpha value is -1.95. The normalized spacial score (nSPS) is 10.4. The number of nitrogen functional groups attached to an aromatic ring is 1. The first kappa shape index (κ1) is 14.5. The molecule has 0 spiro atoms. The lowest BCUT2D eigenvalue weighted by Crippen LogP contribution is -2.17. The van der Waals surface area contributed by atoms with Crippen molar-refractivity contribution in [2.24, 2.45) is 0 Å². The van der Waals surface area contributed by atoms with Crippen molar-refractivity contribution < 1.29 is 13.6 Å². The van der Waals surface area contributed by atoms with E-state index in [1.165, 1.54) is 0 Å². The number of amides is 1. The first-order chi connectivity index (χ1) is 9.40. The van der Waals surface area contributed by atoms with Crippen molar-refractivity contribution >= 4 is 33.2 Å². The Labute approximate surface area is 122 Å². The number of halogens is 3. The Bertz CT molecular complexity index is 689. The van der Waals surface area contributed by atoms with E-state index in [0.29, 0.717) is 5.69 Å². The number of hydrogen-bond donors (Lipinski definition) is 2. The molecule has 0 saturated heterocycles. The van der Waals surface area contributed by atoms with Crippen LogP contribution in [-0.2, 0) is 0 Å².